The predicted octanol–water partition coefficient (Wildman–Crippen LogP) is 2.70. The summed E-state index contributed by atoms with van der Waals surface area (Å²) in [7, 11) is 1.96. The lowest BCUT2D eigenvalue weighted by molar-refractivity contribution is 0.112. The molecule has 0 unspecified atom stereocenters. The van der Waals surface area contributed by atoms with Crippen LogP contribution in [0.4, 0.5) is 0 Å². The zero-order valence-electron chi connectivity index (χ0n) is 10.7. The minimum atomic E-state index is 0.535. The van der Waals surface area contributed by atoms with Gasteiger partial charge in [-0.25, -0.2) is 4.98 Å². The van der Waals surface area contributed by atoms with Crippen molar-refractivity contribution >= 4 is 6.29 Å². The second kappa shape index (κ2) is 4.09. The number of hydrogen-bond donors (Lipinski definition) is 0. The van der Waals surface area contributed by atoms with Gasteiger partial charge in [0.05, 0.1) is 5.69 Å². The zero-order valence-corrected chi connectivity index (χ0v) is 10.7. The molecule has 0 saturated carbocycles. The summed E-state index contributed by atoms with van der Waals surface area (Å²) in [4.78, 5) is 15.4. The highest BCUT2D eigenvalue weighted by molar-refractivity contribution is 5.84. The molecule has 3 nitrogen and oxygen atoms in total. The Balaban J connectivity index is 2.18. The van der Waals surface area contributed by atoms with Gasteiger partial charge in [-0.3, -0.25) is 4.79 Å². The van der Waals surface area contributed by atoms with Crippen molar-refractivity contribution in [2.24, 2.45) is 7.05 Å². The minimum Gasteiger partial charge on any atom is -0.331 e. The van der Waals surface area contributed by atoms with E-state index in [-0.39, 0.29) is 0 Å². The van der Waals surface area contributed by atoms with Crippen molar-refractivity contribution in [2.75, 3.05) is 0 Å². The molecule has 1 aromatic heterocycles. The standard InChI is InChI=1S/C15H16N2O/c1-10-16-14(9-18)15(17(10)2)13-7-6-11-4-3-5-12(11)8-13/h6-9H,3-5H2,1-2H3. The van der Waals surface area contributed by atoms with Gasteiger partial charge in [0.1, 0.15) is 11.5 Å². The Labute approximate surface area is 106 Å². The summed E-state index contributed by atoms with van der Waals surface area (Å²) >= 11 is 0. The Morgan fingerprint density at radius 3 is 2.83 bits per heavy atom. The molecule has 1 aromatic carbocycles. The SMILES string of the molecule is Cc1nc(C=O)c(-c2ccc3c(c2)CCC3)n1C. The molecule has 0 saturated heterocycles. The minimum absolute atomic E-state index is 0.535. The lowest BCUT2D eigenvalue weighted by Crippen LogP contribution is -1.96. The molecule has 3 heteroatoms. The largest absolute Gasteiger partial charge is 0.331 e. The molecule has 1 heterocycles. The summed E-state index contributed by atoms with van der Waals surface area (Å²) in [5, 5.41) is 0. The van der Waals surface area contributed by atoms with Crippen LogP contribution in [0.2, 0.25) is 0 Å². The van der Waals surface area contributed by atoms with Gasteiger partial charge in [0.2, 0.25) is 0 Å². The van der Waals surface area contributed by atoms with Gasteiger partial charge in [0, 0.05) is 12.6 Å². The molecule has 1 aliphatic carbocycles. The number of benzene rings is 1. The maximum atomic E-state index is 11.1. The Bertz CT molecular complexity index is 626. The van der Waals surface area contributed by atoms with Crippen molar-refractivity contribution < 1.29 is 4.79 Å². The number of hydrogen-bond acceptors (Lipinski definition) is 2. The molecule has 0 N–H and O–H groups in total. The smallest absolute Gasteiger partial charge is 0.170 e. The van der Waals surface area contributed by atoms with Crippen molar-refractivity contribution in [3.63, 3.8) is 0 Å². The van der Waals surface area contributed by atoms with Crippen LogP contribution in [-0.4, -0.2) is 15.8 Å². The average Bonchev–Trinajstić information content (AvgIpc) is 2.94. The number of rotatable bonds is 2. The van der Waals surface area contributed by atoms with Gasteiger partial charge in [-0.1, -0.05) is 12.1 Å². The lowest BCUT2D eigenvalue weighted by Gasteiger charge is -2.07. The summed E-state index contributed by atoms with van der Waals surface area (Å²) in [6.45, 7) is 1.92. The molecule has 0 spiro atoms. The number of aryl methyl sites for hydroxylation is 3. The second-order valence-electron chi connectivity index (χ2n) is 4.91. The van der Waals surface area contributed by atoms with Crippen LogP contribution in [0.5, 0.6) is 0 Å². The van der Waals surface area contributed by atoms with Crippen LogP contribution in [0.15, 0.2) is 18.2 Å². The van der Waals surface area contributed by atoms with Crippen molar-refractivity contribution in [1.29, 1.82) is 0 Å². The van der Waals surface area contributed by atoms with Crippen LogP contribution in [0.3, 0.4) is 0 Å². The number of fused-ring (bicyclic) bond motifs is 1. The molecular formula is C15H16N2O. The molecule has 0 aliphatic heterocycles. The van der Waals surface area contributed by atoms with Crippen molar-refractivity contribution in [3.05, 3.63) is 40.8 Å². The molecule has 0 atom stereocenters. The first-order valence-corrected chi connectivity index (χ1v) is 6.31. The third-order valence-corrected chi connectivity index (χ3v) is 3.83. The Morgan fingerprint density at radius 1 is 1.28 bits per heavy atom. The van der Waals surface area contributed by atoms with E-state index in [0.717, 1.165) is 29.8 Å². The van der Waals surface area contributed by atoms with Crippen LogP contribution in [0, 0.1) is 6.92 Å². The molecule has 0 radical (unpaired) electrons. The summed E-state index contributed by atoms with van der Waals surface area (Å²) in [6.07, 6.45) is 4.41. The number of nitrogens with zero attached hydrogens (tertiary/aromatic N) is 2. The Morgan fingerprint density at radius 2 is 2.06 bits per heavy atom. The van der Waals surface area contributed by atoms with E-state index < -0.39 is 0 Å². The fourth-order valence-electron chi connectivity index (χ4n) is 2.78. The average molecular weight is 240 g/mol. The van der Waals surface area contributed by atoms with Crippen LogP contribution < -0.4 is 0 Å². The molecule has 3 rings (SSSR count). The maximum absolute atomic E-state index is 11.1. The molecule has 92 valence electrons. The van der Waals surface area contributed by atoms with E-state index >= 15 is 0 Å². The topological polar surface area (TPSA) is 34.9 Å². The normalized spacial score (nSPS) is 13.7. The number of aromatic nitrogens is 2. The van der Waals surface area contributed by atoms with Gasteiger partial charge in [-0.15, -0.1) is 0 Å². The van der Waals surface area contributed by atoms with E-state index in [9.17, 15) is 4.79 Å². The highest BCUT2D eigenvalue weighted by atomic mass is 16.1. The number of carbonyl (C=O) groups excluding carboxylic acids is 1. The maximum Gasteiger partial charge on any atom is 0.170 e. The van der Waals surface area contributed by atoms with Gasteiger partial charge in [0.15, 0.2) is 6.29 Å². The van der Waals surface area contributed by atoms with Gasteiger partial charge in [-0.2, -0.15) is 0 Å². The summed E-state index contributed by atoms with van der Waals surface area (Å²) < 4.78 is 1.99. The van der Waals surface area contributed by atoms with E-state index in [1.54, 1.807) is 0 Å². The van der Waals surface area contributed by atoms with Crippen molar-refractivity contribution in [1.82, 2.24) is 9.55 Å². The zero-order chi connectivity index (χ0) is 12.7. The van der Waals surface area contributed by atoms with E-state index in [4.69, 9.17) is 0 Å². The first-order valence-electron chi connectivity index (χ1n) is 6.31. The summed E-state index contributed by atoms with van der Waals surface area (Å²) in [6, 6.07) is 6.51. The fraction of sp³-hybridized carbons (Fsp3) is 0.333. The second-order valence-corrected chi connectivity index (χ2v) is 4.91. The van der Waals surface area contributed by atoms with Crippen LogP contribution in [0.25, 0.3) is 11.3 Å². The van der Waals surface area contributed by atoms with E-state index in [1.165, 1.54) is 24.0 Å². The quantitative estimate of drug-likeness (QED) is 0.756. The monoisotopic (exact) mass is 240 g/mol. The fourth-order valence-corrected chi connectivity index (χ4v) is 2.78. The van der Waals surface area contributed by atoms with E-state index in [0.29, 0.717) is 5.69 Å². The van der Waals surface area contributed by atoms with Gasteiger partial charge in [0.25, 0.3) is 0 Å². The number of aldehydes is 1. The Kier molecular flexibility index (Phi) is 2.54. The number of imidazole rings is 1. The number of carbonyl (C=O) groups is 1. The van der Waals surface area contributed by atoms with E-state index in [2.05, 4.69) is 23.2 Å². The molecular weight excluding hydrogens is 224 g/mol. The molecule has 0 fully saturated rings. The lowest BCUT2D eigenvalue weighted by atomic mass is 10.0. The van der Waals surface area contributed by atoms with Crippen LogP contribution in [-0.2, 0) is 19.9 Å². The Hall–Kier alpha value is -1.90. The van der Waals surface area contributed by atoms with Gasteiger partial charge >= 0.3 is 0 Å². The predicted molar refractivity (Wildman–Crippen MR) is 70.8 cm³/mol. The summed E-state index contributed by atoms with van der Waals surface area (Å²) in [5.41, 5.74) is 5.43. The summed E-state index contributed by atoms with van der Waals surface area (Å²) in [5.74, 6) is 0.868. The first kappa shape index (κ1) is 11.2. The van der Waals surface area contributed by atoms with Crippen LogP contribution in [0.1, 0.15) is 33.9 Å². The van der Waals surface area contributed by atoms with E-state index in [1.807, 2.05) is 18.5 Å². The highest BCUT2D eigenvalue weighted by Gasteiger charge is 2.16. The van der Waals surface area contributed by atoms with Crippen molar-refractivity contribution in [3.8, 4) is 11.3 Å². The molecule has 0 amide bonds. The van der Waals surface area contributed by atoms with Gasteiger partial charge in [-0.05, 0) is 43.4 Å². The highest BCUT2D eigenvalue weighted by Crippen LogP contribution is 2.29. The molecule has 0 bridgehead atoms. The molecule has 2 aromatic rings. The molecule has 1 aliphatic rings. The third kappa shape index (κ3) is 1.58. The molecule has 18 heavy (non-hydrogen) atoms. The van der Waals surface area contributed by atoms with Gasteiger partial charge < -0.3 is 4.57 Å². The first-order chi connectivity index (χ1) is 8.70. The van der Waals surface area contributed by atoms with Crippen molar-refractivity contribution in [2.45, 2.75) is 26.2 Å². The van der Waals surface area contributed by atoms with Crippen LogP contribution >= 0.6 is 0 Å². The third-order valence-electron chi connectivity index (χ3n) is 3.83.